The van der Waals surface area contributed by atoms with Crippen LogP contribution in [0.25, 0.3) is 10.9 Å². The van der Waals surface area contributed by atoms with Crippen LogP contribution in [-0.2, 0) is 6.54 Å². The predicted octanol–water partition coefficient (Wildman–Crippen LogP) is 2.36. The van der Waals surface area contributed by atoms with Crippen LogP contribution >= 0.6 is 11.3 Å². The van der Waals surface area contributed by atoms with E-state index in [2.05, 4.69) is 16.1 Å². The normalized spacial score (nSPS) is 10.8. The average molecular weight is 301 g/mol. The fraction of sp³-hybridized carbons (Fsp3) is 0.133. The van der Waals surface area contributed by atoms with Crippen LogP contribution in [0.3, 0.4) is 0 Å². The zero-order chi connectivity index (χ0) is 14.8. The van der Waals surface area contributed by atoms with Gasteiger partial charge in [-0.15, -0.1) is 11.3 Å². The molecule has 0 spiro atoms. The summed E-state index contributed by atoms with van der Waals surface area (Å²) in [5.41, 5.74) is 3.25. The zero-order valence-electron chi connectivity index (χ0n) is 11.5. The van der Waals surface area contributed by atoms with E-state index in [9.17, 15) is 4.79 Å². The van der Waals surface area contributed by atoms with E-state index in [-0.39, 0.29) is 5.91 Å². The van der Waals surface area contributed by atoms with E-state index in [1.54, 1.807) is 13.2 Å². The topological polar surface area (TPSA) is 69.3 Å². The van der Waals surface area contributed by atoms with Gasteiger partial charge in [-0.3, -0.25) is 10.2 Å². The molecule has 2 heterocycles. The summed E-state index contributed by atoms with van der Waals surface area (Å²) in [5, 5.41) is 1.08. The number of methoxy groups -OCH3 is 1. The molecule has 0 unspecified atom stereocenters. The Balaban J connectivity index is 1.92. The van der Waals surface area contributed by atoms with E-state index >= 15 is 0 Å². The Morgan fingerprint density at radius 2 is 2.19 bits per heavy atom. The number of nitrogens with two attached hydrogens (primary N) is 1. The number of fused-ring (bicyclic) bond motifs is 1. The maximum atomic E-state index is 11.5. The molecule has 0 fully saturated rings. The fourth-order valence-corrected chi connectivity index (χ4v) is 3.24. The van der Waals surface area contributed by atoms with Crippen LogP contribution in [0, 0.1) is 0 Å². The smallest absolute Gasteiger partial charge is 0.275 e. The number of ether oxygens (including phenoxy) is 1. The predicted molar refractivity (Wildman–Crippen MR) is 83.6 cm³/mol. The largest absolute Gasteiger partial charge is 0.496 e. The highest BCUT2D eigenvalue weighted by Crippen LogP contribution is 2.27. The number of carbonyl (C=O) groups excluding carboxylic acids is 1. The van der Waals surface area contributed by atoms with Gasteiger partial charge in [-0.25, -0.2) is 5.84 Å². The van der Waals surface area contributed by atoms with Gasteiger partial charge in [0.2, 0.25) is 0 Å². The monoisotopic (exact) mass is 301 g/mol. The maximum Gasteiger partial charge on any atom is 0.275 e. The highest BCUT2D eigenvalue weighted by molar-refractivity contribution is 7.14. The van der Waals surface area contributed by atoms with E-state index in [1.165, 1.54) is 11.3 Å². The van der Waals surface area contributed by atoms with Gasteiger partial charge in [-0.2, -0.15) is 0 Å². The molecule has 6 heteroatoms. The van der Waals surface area contributed by atoms with Crippen molar-refractivity contribution in [2.75, 3.05) is 7.11 Å². The summed E-state index contributed by atoms with van der Waals surface area (Å²) in [6, 6.07) is 11.7. The molecule has 0 saturated carbocycles. The van der Waals surface area contributed by atoms with E-state index in [0.717, 1.165) is 21.5 Å². The molecular weight excluding hydrogens is 286 g/mol. The number of aromatic nitrogens is 1. The summed E-state index contributed by atoms with van der Waals surface area (Å²) in [5.74, 6) is 5.75. The van der Waals surface area contributed by atoms with Gasteiger partial charge < -0.3 is 9.30 Å². The first-order chi connectivity index (χ1) is 10.2. The summed E-state index contributed by atoms with van der Waals surface area (Å²) in [6.45, 7) is 0.708. The average Bonchev–Trinajstić information content (AvgIpc) is 3.14. The molecule has 1 amide bonds. The Labute approximate surface area is 125 Å². The van der Waals surface area contributed by atoms with Gasteiger partial charge in [0.25, 0.3) is 5.91 Å². The molecule has 0 saturated heterocycles. The number of hydrogen-bond acceptors (Lipinski definition) is 4. The number of carbonyl (C=O) groups is 1. The molecular formula is C15H15N3O2S. The van der Waals surface area contributed by atoms with Gasteiger partial charge >= 0.3 is 0 Å². The van der Waals surface area contributed by atoms with Crippen molar-refractivity contribution in [3.05, 3.63) is 52.3 Å². The molecule has 21 heavy (non-hydrogen) atoms. The van der Waals surface area contributed by atoms with Crippen LogP contribution in [-0.4, -0.2) is 17.6 Å². The number of nitrogen functional groups attached to an aromatic ring is 1. The maximum absolute atomic E-state index is 11.5. The van der Waals surface area contributed by atoms with Gasteiger partial charge in [0.05, 0.1) is 24.0 Å². The molecule has 3 rings (SSSR count). The van der Waals surface area contributed by atoms with Crippen LogP contribution in [0.1, 0.15) is 14.5 Å². The highest BCUT2D eigenvalue weighted by atomic mass is 32.1. The number of nitrogens with one attached hydrogen (secondary N) is 1. The standard InChI is InChI=1S/C15H15N3O2S/c1-20-13-4-2-3-12-11(13)7-8-18(12)9-10-5-6-14(21-10)15(19)17-16/h2-8H,9,16H2,1H3,(H,17,19). The van der Waals surface area contributed by atoms with E-state index in [1.807, 2.05) is 30.5 Å². The third-order valence-electron chi connectivity index (χ3n) is 3.34. The van der Waals surface area contributed by atoms with Crippen molar-refractivity contribution in [3.8, 4) is 5.75 Å². The van der Waals surface area contributed by atoms with Gasteiger partial charge in [0.15, 0.2) is 0 Å². The highest BCUT2D eigenvalue weighted by Gasteiger charge is 2.10. The Morgan fingerprint density at radius 3 is 2.95 bits per heavy atom. The van der Waals surface area contributed by atoms with Crippen LogP contribution < -0.4 is 16.0 Å². The minimum Gasteiger partial charge on any atom is -0.496 e. The van der Waals surface area contributed by atoms with Crippen molar-refractivity contribution >= 4 is 28.1 Å². The van der Waals surface area contributed by atoms with Crippen LogP contribution in [0.4, 0.5) is 0 Å². The first-order valence-electron chi connectivity index (χ1n) is 6.44. The van der Waals surface area contributed by atoms with Crippen LogP contribution in [0.5, 0.6) is 5.75 Å². The lowest BCUT2D eigenvalue weighted by molar-refractivity contribution is 0.0957. The Bertz CT molecular complexity index is 791. The number of amides is 1. The Morgan fingerprint density at radius 1 is 1.33 bits per heavy atom. The van der Waals surface area contributed by atoms with Gasteiger partial charge in [-0.05, 0) is 30.3 Å². The van der Waals surface area contributed by atoms with Crippen LogP contribution in [0.2, 0.25) is 0 Å². The third kappa shape index (κ3) is 2.51. The fourth-order valence-electron chi connectivity index (χ4n) is 2.34. The molecule has 2 aromatic heterocycles. The van der Waals surface area contributed by atoms with E-state index in [4.69, 9.17) is 10.6 Å². The molecule has 3 N–H and O–H groups in total. The third-order valence-corrected chi connectivity index (χ3v) is 4.41. The summed E-state index contributed by atoms with van der Waals surface area (Å²) in [4.78, 5) is 13.2. The zero-order valence-corrected chi connectivity index (χ0v) is 12.3. The molecule has 0 aliphatic heterocycles. The first-order valence-corrected chi connectivity index (χ1v) is 7.26. The van der Waals surface area contributed by atoms with Crippen molar-refractivity contribution in [3.63, 3.8) is 0 Å². The van der Waals surface area contributed by atoms with Crippen LogP contribution in [0.15, 0.2) is 42.6 Å². The summed E-state index contributed by atoms with van der Waals surface area (Å²) >= 11 is 1.44. The SMILES string of the molecule is COc1cccc2c1ccn2Cc1ccc(C(=O)NN)s1. The second kappa shape index (κ2) is 5.59. The molecule has 0 aliphatic carbocycles. The minimum absolute atomic E-state index is 0.259. The molecule has 3 aromatic rings. The van der Waals surface area contributed by atoms with Crippen molar-refractivity contribution in [1.82, 2.24) is 9.99 Å². The number of benzene rings is 1. The van der Waals surface area contributed by atoms with Crippen molar-refractivity contribution in [1.29, 1.82) is 0 Å². The molecule has 0 bridgehead atoms. The second-order valence-corrected chi connectivity index (χ2v) is 5.74. The van der Waals surface area contributed by atoms with E-state index in [0.29, 0.717) is 11.4 Å². The molecule has 0 atom stereocenters. The Kier molecular flexibility index (Phi) is 3.64. The van der Waals surface area contributed by atoms with Crippen molar-refractivity contribution in [2.24, 2.45) is 5.84 Å². The quantitative estimate of drug-likeness (QED) is 0.441. The number of thiophene rings is 1. The van der Waals surface area contributed by atoms with Crippen molar-refractivity contribution in [2.45, 2.75) is 6.54 Å². The van der Waals surface area contributed by atoms with Crippen molar-refractivity contribution < 1.29 is 9.53 Å². The minimum atomic E-state index is -0.259. The number of rotatable bonds is 4. The molecule has 0 aliphatic rings. The van der Waals surface area contributed by atoms with E-state index < -0.39 is 0 Å². The molecule has 108 valence electrons. The second-order valence-electron chi connectivity index (χ2n) is 4.58. The number of nitrogens with zero attached hydrogens (tertiary/aromatic N) is 1. The number of hydrogen-bond donors (Lipinski definition) is 2. The van der Waals surface area contributed by atoms with Gasteiger partial charge in [0, 0.05) is 16.5 Å². The lowest BCUT2D eigenvalue weighted by Gasteiger charge is -2.05. The number of hydrazine groups is 1. The summed E-state index contributed by atoms with van der Waals surface area (Å²) in [7, 11) is 1.67. The van der Waals surface area contributed by atoms with Gasteiger partial charge in [-0.1, -0.05) is 6.07 Å². The summed E-state index contributed by atoms with van der Waals surface area (Å²) in [6.07, 6.45) is 2.02. The lowest BCUT2D eigenvalue weighted by Crippen LogP contribution is -2.29. The Hall–Kier alpha value is -2.31. The molecule has 0 radical (unpaired) electrons. The first kappa shape index (κ1) is 13.7. The lowest BCUT2D eigenvalue weighted by atomic mass is 10.2. The molecule has 5 nitrogen and oxygen atoms in total. The van der Waals surface area contributed by atoms with Gasteiger partial charge in [0.1, 0.15) is 5.75 Å². The summed E-state index contributed by atoms with van der Waals surface area (Å²) < 4.78 is 7.50. The molecule has 1 aromatic carbocycles.